The van der Waals surface area contributed by atoms with E-state index in [9.17, 15) is 19.2 Å². The van der Waals surface area contributed by atoms with Crippen LogP contribution in [0.2, 0.25) is 0 Å². The largest absolute Gasteiger partial charge is 0.463 e. The molecule has 1 rings (SSSR count). The van der Waals surface area contributed by atoms with E-state index in [1.54, 1.807) is 6.92 Å². The molecule has 0 aliphatic carbocycles. The van der Waals surface area contributed by atoms with Gasteiger partial charge in [-0.2, -0.15) is 0 Å². The second kappa shape index (κ2) is 13.0. The fourth-order valence-corrected chi connectivity index (χ4v) is 1.97. The van der Waals surface area contributed by atoms with Gasteiger partial charge in [-0.25, -0.2) is 4.79 Å². The molecule has 0 bridgehead atoms. The van der Waals surface area contributed by atoms with E-state index in [4.69, 9.17) is 12.2 Å². The summed E-state index contributed by atoms with van der Waals surface area (Å²) in [5.41, 5.74) is 5.55. The number of ether oxygens (including phenoxy) is 1. The van der Waals surface area contributed by atoms with Crippen LogP contribution in [0.3, 0.4) is 0 Å². The summed E-state index contributed by atoms with van der Waals surface area (Å²) in [6, 6.07) is 9.39. The molecule has 0 unspecified atom stereocenters. The van der Waals surface area contributed by atoms with Crippen LogP contribution in [-0.4, -0.2) is 35.4 Å². The van der Waals surface area contributed by atoms with Gasteiger partial charge in [0.2, 0.25) is 17.7 Å². The zero-order chi connectivity index (χ0) is 20.8. The second-order valence-electron chi connectivity index (χ2n) is 5.34. The first-order valence-electron chi connectivity index (χ1n) is 8.46. The molecule has 0 aliphatic heterocycles. The van der Waals surface area contributed by atoms with Gasteiger partial charge in [0.25, 0.3) is 0 Å². The number of hydrazine groups is 1. The number of rotatable bonds is 8. The van der Waals surface area contributed by atoms with E-state index in [2.05, 4.69) is 26.2 Å². The smallest absolute Gasteiger partial charge is 0.330 e. The fraction of sp³-hybridized carbons (Fsp3) is 0.278. The third-order valence-corrected chi connectivity index (χ3v) is 3.33. The predicted octanol–water partition coefficient (Wildman–Crippen LogP) is 0.224. The van der Waals surface area contributed by atoms with Gasteiger partial charge < -0.3 is 10.1 Å². The number of amides is 3. The molecule has 10 heteroatoms. The van der Waals surface area contributed by atoms with Crippen LogP contribution in [-0.2, 0) is 30.5 Å². The van der Waals surface area contributed by atoms with Crippen molar-refractivity contribution in [1.29, 1.82) is 0 Å². The highest BCUT2D eigenvalue weighted by Gasteiger charge is 2.08. The molecule has 1 aromatic carbocycles. The third kappa shape index (κ3) is 10.7. The Labute approximate surface area is 167 Å². The van der Waals surface area contributed by atoms with Gasteiger partial charge in [0.05, 0.1) is 6.61 Å². The molecule has 0 saturated heterocycles. The van der Waals surface area contributed by atoms with Gasteiger partial charge in [0.1, 0.15) is 0 Å². The van der Waals surface area contributed by atoms with Gasteiger partial charge in [0.15, 0.2) is 5.11 Å². The maximum absolute atomic E-state index is 11.7. The average molecular weight is 406 g/mol. The van der Waals surface area contributed by atoms with Crippen molar-refractivity contribution in [2.45, 2.75) is 26.3 Å². The number of hydrogen-bond acceptors (Lipinski definition) is 6. The average Bonchev–Trinajstić information content (AvgIpc) is 2.68. The first-order valence-corrected chi connectivity index (χ1v) is 8.86. The number of hydrogen-bond donors (Lipinski definition) is 4. The standard InChI is InChI=1S/C18H22N4O5S/c1-2-27-17(26)11-10-15(24)20-18(28)22-21-16(25)9-8-14(23)19-12-13-6-4-3-5-7-13/h3-7,10-11H,2,8-9,12H2,1H3,(H,19,23)(H,21,25)(H2,20,22,24,28)/b11-10+. The predicted molar refractivity (Wildman–Crippen MR) is 105 cm³/mol. The van der Waals surface area contributed by atoms with Crippen molar-refractivity contribution < 1.29 is 23.9 Å². The van der Waals surface area contributed by atoms with Crippen LogP contribution in [0, 0.1) is 0 Å². The number of carbonyl (C=O) groups is 4. The molecule has 0 aliphatic rings. The normalized spacial score (nSPS) is 10.0. The van der Waals surface area contributed by atoms with Crippen molar-refractivity contribution in [2.24, 2.45) is 0 Å². The van der Waals surface area contributed by atoms with E-state index in [0.29, 0.717) is 6.54 Å². The number of esters is 1. The molecule has 4 N–H and O–H groups in total. The van der Waals surface area contributed by atoms with Crippen molar-refractivity contribution in [2.75, 3.05) is 6.61 Å². The Hall–Kier alpha value is -3.27. The Bertz CT molecular complexity index is 737. The summed E-state index contributed by atoms with van der Waals surface area (Å²) in [7, 11) is 0. The van der Waals surface area contributed by atoms with Gasteiger partial charge in [-0.05, 0) is 24.7 Å². The maximum Gasteiger partial charge on any atom is 0.330 e. The number of nitrogens with one attached hydrogen (secondary N) is 4. The lowest BCUT2D eigenvalue weighted by Crippen LogP contribution is -2.48. The van der Waals surface area contributed by atoms with E-state index >= 15 is 0 Å². The number of thiocarbonyl (C=S) groups is 1. The van der Waals surface area contributed by atoms with Crippen LogP contribution >= 0.6 is 12.2 Å². The Balaban J connectivity index is 2.19. The quantitative estimate of drug-likeness (QED) is 0.211. The van der Waals surface area contributed by atoms with Crippen molar-refractivity contribution >= 4 is 41.0 Å². The molecule has 9 nitrogen and oxygen atoms in total. The summed E-state index contributed by atoms with van der Waals surface area (Å²) in [5.74, 6) is -2.07. The van der Waals surface area contributed by atoms with E-state index in [1.807, 2.05) is 30.3 Å². The van der Waals surface area contributed by atoms with Crippen molar-refractivity contribution in [1.82, 2.24) is 21.5 Å². The molecule has 150 valence electrons. The van der Waals surface area contributed by atoms with Crippen LogP contribution in [0.25, 0.3) is 0 Å². The Morgan fingerprint density at radius 3 is 2.36 bits per heavy atom. The Morgan fingerprint density at radius 2 is 1.68 bits per heavy atom. The molecular weight excluding hydrogens is 384 g/mol. The third-order valence-electron chi connectivity index (χ3n) is 3.12. The summed E-state index contributed by atoms with van der Waals surface area (Å²) < 4.78 is 4.62. The highest BCUT2D eigenvalue weighted by Crippen LogP contribution is 1.98. The van der Waals surface area contributed by atoms with Gasteiger partial charge >= 0.3 is 5.97 Å². The van der Waals surface area contributed by atoms with Crippen LogP contribution in [0.1, 0.15) is 25.3 Å². The SMILES string of the molecule is CCOC(=O)/C=C/C(=O)NC(=S)NNC(=O)CCC(=O)NCc1ccccc1. The Kier molecular flexibility index (Phi) is 10.6. The molecule has 0 fully saturated rings. The van der Waals surface area contributed by atoms with Gasteiger partial charge in [-0.3, -0.25) is 30.6 Å². The van der Waals surface area contributed by atoms with Crippen LogP contribution in [0.15, 0.2) is 42.5 Å². The molecule has 0 radical (unpaired) electrons. The van der Waals surface area contributed by atoms with E-state index in [0.717, 1.165) is 17.7 Å². The summed E-state index contributed by atoms with van der Waals surface area (Å²) in [6.07, 6.45) is 1.84. The van der Waals surface area contributed by atoms with Crippen LogP contribution < -0.4 is 21.5 Å². The molecular formula is C18H22N4O5S. The first kappa shape index (κ1) is 22.8. The zero-order valence-electron chi connectivity index (χ0n) is 15.3. The van der Waals surface area contributed by atoms with Crippen molar-refractivity contribution in [3.8, 4) is 0 Å². The second-order valence-corrected chi connectivity index (χ2v) is 5.75. The summed E-state index contributed by atoms with van der Waals surface area (Å²) in [5, 5.41) is 4.77. The lowest BCUT2D eigenvalue weighted by Gasteiger charge is -2.10. The molecule has 28 heavy (non-hydrogen) atoms. The number of benzene rings is 1. The first-order chi connectivity index (χ1) is 13.4. The highest BCUT2D eigenvalue weighted by molar-refractivity contribution is 7.80. The van der Waals surface area contributed by atoms with E-state index < -0.39 is 17.8 Å². The maximum atomic E-state index is 11.7. The van der Waals surface area contributed by atoms with Crippen LogP contribution in [0.5, 0.6) is 0 Å². The molecule has 1 aromatic rings. The van der Waals surface area contributed by atoms with Crippen LogP contribution in [0.4, 0.5) is 0 Å². The van der Waals surface area contributed by atoms with E-state index in [-0.39, 0.29) is 30.5 Å². The molecule has 0 heterocycles. The molecule has 0 saturated carbocycles. The van der Waals surface area contributed by atoms with Crippen molar-refractivity contribution in [3.63, 3.8) is 0 Å². The van der Waals surface area contributed by atoms with Gasteiger partial charge in [-0.1, -0.05) is 30.3 Å². The van der Waals surface area contributed by atoms with Crippen molar-refractivity contribution in [3.05, 3.63) is 48.0 Å². The fourth-order valence-electron chi connectivity index (χ4n) is 1.82. The summed E-state index contributed by atoms with van der Waals surface area (Å²) in [4.78, 5) is 46.0. The minimum atomic E-state index is -0.667. The van der Waals surface area contributed by atoms with Gasteiger partial charge in [-0.15, -0.1) is 0 Å². The van der Waals surface area contributed by atoms with E-state index in [1.165, 1.54) is 0 Å². The lowest BCUT2D eigenvalue weighted by atomic mass is 10.2. The summed E-state index contributed by atoms with van der Waals surface area (Å²) >= 11 is 4.82. The monoisotopic (exact) mass is 406 g/mol. The topological polar surface area (TPSA) is 126 Å². The number of carbonyl (C=O) groups excluding carboxylic acids is 4. The lowest BCUT2D eigenvalue weighted by molar-refractivity contribution is -0.137. The molecule has 0 aromatic heterocycles. The molecule has 0 spiro atoms. The molecule has 0 atom stereocenters. The summed E-state index contributed by atoms with van der Waals surface area (Å²) in [6.45, 7) is 2.22. The minimum Gasteiger partial charge on any atom is -0.463 e. The Morgan fingerprint density at radius 1 is 1.00 bits per heavy atom. The molecule has 3 amide bonds. The zero-order valence-corrected chi connectivity index (χ0v) is 16.1. The minimum absolute atomic E-state index is 0.00173. The highest BCUT2D eigenvalue weighted by atomic mass is 32.1. The van der Waals surface area contributed by atoms with Gasteiger partial charge in [0, 0.05) is 31.5 Å².